The lowest BCUT2D eigenvalue weighted by molar-refractivity contribution is -0.149. The van der Waals surface area contributed by atoms with Crippen molar-refractivity contribution in [2.75, 3.05) is 0 Å². The van der Waals surface area contributed by atoms with E-state index in [4.69, 9.17) is 11.5 Å². The number of hydrogen-bond donors (Lipinski definition) is 2. The van der Waals surface area contributed by atoms with Gasteiger partial charge in [-0.3, -0.25) is 4.79 Å². The van der Waals surface area contributed by atoms with Gasteiger partial charge in [-0.25, -0.2) is 0 Å². The number of amides is 1. The highest BCUT2D eigenvalue weighted by atomic mass is 19.4. The Hall–Kier alpha value is -1.56. The van der Waals surface area contributed by atoms with Gasteiger partial charge in [0.05, 0.1) is 0 Å². The summed E-state index contributed by atoms with van der Waals surface area (Å²) in [5, 5.41) is 0. The molecule has 0 aliphatic heterocycles. The Morgan fingerprint density at radius 1 is 1.20 bits per heavy atom. The van der Waals surface area contributed by atoms with Crippen LogP contribution in [0.15, 0.2) is 24.3 Å². The number of rotatable bonds is 2. The van der Waals surface area contributed by atoms with E-state index in [0.717, 1.165) is 12.1 Å². The van der Waals surface area contributed by atoms with Gasteiger partial charge in [0, 0.05) is 5.56 Å². The standard InChI is InChI=1S/C9H9F3N2O/c10-9(11,12)7(13)5-1-3-6(4-2-5)8(14)15/h1-4,7H,13H2,(H2,14,15)/t7-/m1/s1. The average molecular weight is 218 g/mol. The summed E-state index contributed by atoms with van der Waals surface area (Å²) in [7, 11) is 0. The van der Waals surface area contributed by atoms with Gasteiger partial charge in [0.15, 0.2) is 0 Å². The summed E-state index contributed by atoms with van der Waals surface area (Å²) in [6, 6.07) is 2.66. The first kappa shape index (κ1) is 11.5. The zero-order valence-electron chi connectivity index (χ0n) is 7.58. The first-order valence-corrected chi connectivity index (χ1v) is 4.04. The molecule has 0 spiro atoms. The van der Waals surface area contributed by atoms with Crippen molar-refractivity contribution in [3.05, 3.63) is 35.4 Å². The summed E-state index contributed by atoms with van der Waals surface area (Å²) in [4.78, 5) is 10.6. The molecule has 3 nitrogen and oxygen atoms in total. The van der Waals surface area contributed by atoms with E-state index in [1.807, 2.05) is 0 Å². The van der Waals surface area contributed by atoms with E-state index in [1.54, 1.807) is 0 Å². The van der Waals surface area contributed by atoms with Crippen LogP contribution in [0, 0.1) is 0 Å². The van der Waals surface area contributed by atoms with E-state index in [-0.39, 0.29) is 11.1 Å². The third-order valence-electron chi connectivity index (χ3n) is 1.91. The van der Waals surface area contributed by atoms with Crippen molar-refractivity contribution < 1.29 is 18.0 Å². The minimum absolute atomic E-state index is 0.104. The van der Waals surface area contributed by atoms with Gasteiger partial charge in [-0.2, -0.15) is 13.2 Å². The molecule has 1 aromatic carbocycles. The maximum atomic E-state index is 12.2. The van der Waals surface area contributed by atoms with Crippen molar-refractivity contribution in [3.8, 4) is 0 Å². The third kappa shape index (κ3) is 2.69. The third-order valence-corrected chi connectivity index (χ3v) is 1.91. The maximum Gasteiger partial charge on any atom is 0.407 e. The molecule has 0 heterocycles. The van der Waals surface area contributed by atoms with Crippen LogP contribution in [0.2, 0.25) is 0 Å². The van der Waals surface area contributed by atoms with Gasteiger partial charge >= 0.3 is 6.18 Å². The predicted molar refractivity (Wildman–Crippen MR) is 47.9 cm³/mol. The van der Waals surface area contributed by atoms with E-state index < -0.39 is 18.1 Å². The van der Waals surface area contributed by atoms with Gasteiger partial charge in [0.25, 0.3) is 0 Å². The fourth-order valence-corrected chi connectivity index (χ4v) is 1.04. The fraction of sp³-hybridized carbons (Fsp3) is 0.222. The average Bonchev–Trinajstić information content (AvgIpc) is 2.15. The molecule has 1 rings (SSSR count). The summed E-state index contributed by atoms with van der Waals surface area (Å²) in [6.45, 7) is 0. The van der Waals surface area contributed by atoms with Crippen LogP contribution < -0.4 is 11.5 Å². The van der Waals surface area contributed by atoms with Crippen LogP contribution in [-0.4, -0.2) is 12.1 Å². The quantitative estimate of drug-likeness (QED) is 0.786. The molecule has 0 radical (unpaired) electrons. The Labute approximate surface area is 83.9 Å². The second kappa shape index (κ2) is 3.90. The summed E-state index contributed by atoms with van der Waals surface area (Å²) in [5.74, 6) is -0.692. The molecule has 0 aliphatic rings. The van der Waals surface area contributed by atoms with Crippen LogP contribution in [0.3, 0.4) is 0 Å². The molecule has 4 N–H and O–H groups in total. The fourth-order valence-electron chi connectivity index (χ4n) is 1.04. The smallest absolute Gasteiger partial charge is 0.366 e. The molecular weight excluding hydrogens is 209 g/mol. The molecule has 1 atom stereocenters. The topological polar surface area (TPSA) is 69.1 Å². The van der Waals surface area contributed by atoms with Gasteiger partial charge in [-0.05, 0) is 17.7 Å². The van der Waals surface area contributed by atoms with Gasteiger partial charge in [0.1, 0.15) is 6.04 Å². The molecule has 0 aliphatic carbocycles. The molecule has 0 unspecified atom stereocenters. The first-order valence-electron chi connectivity index (χ1n) is 4.04. The Bertz CT molecular complexity index is 359. The molecule has 82 valence electrons. The summed E-state index contributed by atoms with van der Waals surface area (Å²) >= 11 is 0. The number of nitrogens with two attached hydrogens (primary N) is 2. The molecule has 6 heteroatoms. The van der Waals surface area contributed by atoms with Crippen molar-refractivity contribution >= 4 is 5.91 Å². The van der Waals surface area contributed by atoms with Crippen LogP contribution in [-0.2, 0) is 0 Å². The summed E-state index contributed by atoms with van der Waals surface area (Å²) in [5.41, 5.74) is 9.93. The van der Waals surface area contributed by atoms with Gasteiger partial charge in [-0.1, -0.05) is 12.1 Å². The number of alkyl halides is 3. The van der Waals surface area contributed by atoms with E-state index in [9.17, 15) is 18.0 Å². The summed E-state index contributed by atoms with van der Waals surface area (Å²) in [6.07, 6.45) is -4.49. The van der Waals surface area contributed by atoms with Crippen molar-refractivity contribution in [2.24, 2.45) is 11.5 Å². The number of carbonyl (C=O) groups is 1. The van der Waals surface area contributed by atoms with Crippen molar-refractivity contribution in [2.45, 2.75) is 12.2 Å². The zero-order valence-corrected chi connectivity index (χ0v) is 7.58. The molecule has 1 aromatic rings. The van der Waals surface area contributed by atoms with Gasteiger partial charge < -0.3 is 11.5 Å². The molecule has 1 amide bonds. The van der Waals surface area contributed by atoms with Crippen LogP contribution in [0.4, 0.5) is 13.2 Å². The molecule has 0 saturated heterocycles. The SMILES string of the molecule is NC(=O)c1ccc([C@@H](N)C(F)(F)F)cc1. The van der Waals surface area contributed by atoms with Gasteiger partial charge in [-0.15, -0.1) is 0 Å². The summed E-state index contributed by atoms with van der Waals surface area (Å²) < 4.78 is 36.5. The monoisotopic (exact) mass is 218 g/mol. The lowest BCUT2D eigenvalue weighted by Crippen LogP contribution is -2.28. The minimum atomic E-state index is -4.49. The second-order valence-corrected chi connectivity index (χ2v) is 3.01. The van der Waals surface area contributed by atoms with Crippen LogP contribution in [0.5, 0.6) is 0 Å². The van der Waals surface area contributed by atoms with Crippen LogP contribution in [0.25, 0.3) is 0 Å². The second-order valence-electron chi connectivity index (χ2n) is 3.01. The van der Waals surface area contributed by atoms with Gasteiger partial charge in [0.2, 0.25) is 5.91 Å². The highest BCUT2D eigenvalue weighted by Gasteiger charge is 2.37. The largest absolute Gasteiger partial charge is 0.407 e. The predicted octanol–water partition coefficient (Wildman–Crippen LogP) is 1.35. The number of halogens is 3. The molecule has 0 fully saturated rings. The van der Waals surface area contributed by atoms with Crippen LogP contribution >= 0.6 is 0 Å². The number of primary amides is 1. The molecular formula is C9H9F3N2O. The molecule has 15 heavy (non-hydrogen) atoms. The lowest BCUT2D eigenvalue weighted by atomic mass is 10.1. The lowest BCUT2D eigenvalue weighted by Gasteiger charge is -2.15. The maximum absolute atomic E-state index is 12.2. The highest BCUT2D eigenvalue weighted by Crippen LogP contribution is 2.30. The van der Waals surface area contributed by atoms with Crippen LogP contribution in [0.1, 0.15) is 22.0 Å². The normalized spacial score (nSPS) is 13.6. The Balaban J connectivity index is 2.94. The van der Waals surface area contributed by atoms with Crippen molar-refractivity contribution in [1.29, 1.82) is 0 Å². The van der Waals surface area contributed by atoms with E-state index in [0.29, 0.717) is 0 Å². The molecule has 0 bridgehead atoms. The Morgan fingerprint density at radius 3 is 2.00 bits per heavy atom. The van der Waals surface area contributed by atoms with E-state index in [1.165, 1.54) is 12.1 Å². The van der Waals surface area contributed by atoms with E-state index in [2.05, 4.69) is 0 Å². The molecule has 0 aromatic heterocycles. The van der Waals surface area contributed by atoms with Crippen molar-refractivity contribution in [1.82, 2.24) is 0 Å². The number of hydrogen-bond acceptors (Lipinski definition) is 2. The molecule has 0 saturated carbocycles. The zero-order chi connectivity index (χ0) is 11.6. The number of benzene rings is 1. The minimum Gasteiger partial charge on any atom is -0.366 e. The number of carbonyl (C=O) groups excluding carboxylic acids is 1. The van der Waals surface area contributed by atoms with E-state index >= 15 is 0 Å². The first-order chi connectivity index (χ1) is 6.82. The highest BCUT2D eigenvalue weighted by molar-refractivity contribution is 5.92. The van der Waals surface area contributed by atoms with Crippen molar-refractivity contribution in [3.63, 3.8) is 0 Å². The Morgan fingerprint density at radius 2 is 1.67 bits per heavy atom. The Kier molecular flexibility index (Phi) is 2.99.